The van der Waals surface area contributed by atoms with Crippen LogP contribution < -0.4 is 10.6 Å². The Morgan fingerprint density at radius 1 is 1.00 bits per heavy atom. The lowest BCUT2D eigenvalue weighted by atomic mass is 9.79. The Kier molecular flexibility index (Phi) is 8.07. The minimum absolute atomic E-state index is 0.155. The molecule has 7 rings (SSSR count). The topological polar surface area (TPSA) is 136 Å². The standard InChI is InChI=1S/C33H42N8O4/c1-22-19-23(20-27-29(22)37-38-36-27)21-28(30(42)40-17-15-39(16-18-40)24-7-3-2-4-8-24)45-32(44)41-13-11-33(12-14-41)25-9-5-6-10-26(25)34-31(43)35-33/h5-6,9-10,19-20,24,28H,2-4,7-8,11-18,21H2,1H3,(H2,34,35,43)(H,36,37,38). The first-order chi connectivity index (χ1) is 21.9. The quantitative estimate of drug-likeness (QED) is 0.397. The molecule has 3 aliphatic heterocycles. The van der Waals surface area contributed by atoms with Gasteiger partial charge in [0.1, 0.15) is 5.52 Å². The zero-order chi connectivity index (χ0) is 31.0. The lowest BCUT2D eigenvalue weighted by Gasteiger charge is -2.45. The fourth-order valence-corrected chi connectivity index (χ4v) is 7.77. The number of aryl methyl sites for hydroxylation is 1. The molecular weight excluding hydrogens is 572 g/mol. The summed E-state index contributed by atoms with van der Waals surface area (Å²) in [7, 11) is 0. The molecule has 2 saturated heterocycles. The SMILES string of the molecule is Cc1cc(CC(OC(=O)N2CCC3(CC2)NC(=O)Nc2ccccc23)C(=O)N2CCN(C3CCCCC3)CC2)cc2nn[nH]c12. The second kappa shape index (κ2) is 12.3. The summed E-state index contributed by atoms with van der Waals surface area (Å²) in [6.45, 7) is 5.72. The van der Waals surface area contributed by atoms with Gasteiger partial charge in [0.2, 0.25) is 0 Å². The number of hydrogen-bond donors (Lipinski definition) is 3. The Balaban J connectivity index is 1.05. The maximum absolute atomic E-state index is 14.0. The van der Waals surface area contributed by atoms with Gasteiger partial charge in [-0.25, -0.2) is 9.59 Å². The third-order valence-electron chi connectivity index (χ3n) is 10.3. The van der Waals surface area contributed by atoms with Crippen molar-refractivity contribution in [2.75, 3.05) is 44.6 Å². The number of ether oxygens (including phenoxy) is 1. The first kappa shape index (κ1) is 29.5. The largest absolute Gasteiger partial charge is 0.436 e. The molecule has 238 valence electrons. The van der Waals surface area contributed by atoms with E-state index in [-0.39, 0.29) is 18.4 Å². The van der Waals surface area contributed by atoms with Crippen LogP contribution in [-0.2, 0) is 21.5 Å². The normalized spacial score (nSPS) is 21.2. The molecule has 1 unspecified atom stereocenters. The van der Waals surface area contributed by atoms with Gasteiger partial charge in [-0.2, -0.15) is 0 Å². The molecule has 1 spiro atoms. The monoisotopic (exact) mass is 614 g/mol. The van der Waals surface area contributed by atoms with Gasteiger partial charge >= 0.3 is 12.1 Å². The van der Waals surface area contributed by atoms with Crippen LogP contribution in [0.15, 0.2) is 36.4 Å². The number of rotatable bonds is 5. The van der Waals surface area contributed by atoms with Crippen molar-refractivity contribution in [2.24, 2.45) is 0 Å². The van der Waals surface area contributed by atoms with Crippen LogP contribution in [0.5, 0.6) is 0 Å². The number of hydrogen-bond acceptors (Lipinski definition) is 7. The molecule has 4 aliphatic rings. The number of fused-ring (bicyclic) bond motifs is 3. The Labute approximate surface area is 262 Å². The van der Waals surface area contributed by atoms with Gasteiger partial charge in [-0.3, -0.25) is 14.8 Å². The Morgan fingerprint density at radius 2 is 1.76 bits per heavy atom. The van der Waals surface area contributed by atoms with Crippen LogP contribution in [0.3, 0.4) is 0 Å². The molecule has 3 aromatic rings. The average Bonchev–Trinajstić information content (AvgIpc) is 3.54. The molecule has 4 heterocycles. The number of aromatic amines is 1. The molecule has 0 bridgehead atoms. The fraction of sp³-hybridized carbons (Fsp3) is 0.545. The van der Waals surface area contributed by atoms with E-state index in [0.29, 0.717) is 50.6 Å². The number of piperidine rings is 1. The number of likely N-dealkylation sites (tertiary alicyclic amines) is 1. The van der Waals surface area contributed by atoms with Crippen molar-refractivity contribution in [3.63, 3.8) is 0 Å². The molecular formula is C33H42N8O4. The van der Waals surface area contributed by atoms with Crippen LogP contribution in [0.2, 0.25) is 0 Å². The summed E-state index contributed by atoms with van der Waals surface area (Å²) >= 11 is 0. The van der Waals surface area contributed by atoms with Crippen molar-refractivity contribution in [1.82, 2.24) is 35.4 Å². The van der Waals surface area contributed by atoms with Crippen LogP contribution >= 0.6 is 0 Å². The van der Waals surface area contributed by atoms with Gasteiger partial charge in [0, 0.05) is 63.0 Å². The van der Waals surface area contributed by atoms with Gasteiger partial charge in [0.05, 0.1) is 11.1 Å². The lowest BCUT2D eigenvalue weighted by Crippen LogP contribution is -2.58. The highest BCUT2D eigenvalue weighted by atomic mass is 16.6. The first-order valence-corrected chi connectivity index (χ1v) is 16.4. The molecule has 0 radical (unpaired) electrons. The third-order valence-corrected chi connectivity index (χ3v) is 10.3. The number of anilines is 1. The van der Waals surface area contributed by atoms with E-state index in [1.165, 1.54) is 32.1 Å². The van der Waals surface area contributed by atoms with Crippen LogP contribution in [0.1, 0.15) is 61.6 Å². The average molecular weight is 615 g/mol. The zero-order valence-electron chi connectivity index (χ0n) is 25.9. The number of carbonyl (C=O) groups is 3. The maximum atomic E-state index is 14.0. The molecule has 12 nitrogen and oxygen atoms in total. The smallest absolute Gasteiger partial charge is 0.410 e. The number of nitrogens with zero attached hydrogens (tertiary/aromatic N) is 5. The van der Waals surface area contributed by atoms with Gasteiger partial charge in [0.15, 0.2) is 6.10 Å². The summed E-state index contributed by atoms with van der Waals surface area (Å²) in [6, 6.07) is 12.1. The highest BCUT2D eigenvalue weighted by molar-refractivity contribution is 5.94. The van der Waals surface area contributed by atoms with E-state index in [1.807, 2.05) is 48.2 Å². The van der Waals surface area contributed by atoms with E-state index in [0.717, 1.165) is 41.0 Å². The van der Waals surface area contributed by atoms with E-state index in [4.69, 9.17) is 4.74 Å². The molecule has 1 aromatic heterocycles. The van der Waals surface area contributed by atoms with Crippen LogP contribution in [0.25, 0.3) is 11.0 Å². The van der Waals surface area contributed by atoms with Crippen LogP contribution in [-0.4, -0.2) is 99.6 Å². The molecule has 3 fully saturated rings. The van der Waals surface area contributed by atoms with Gasteiger partial charge < -0.3 is 25.2 Å². The van der Waals surface area contributed by atoms with Crippen molar-refractivity contribution in [1.29, 1.82) is 0 Å². The summed E-state index contributed by atoms with van der Waals surface area (Å²) in [6.07, 6.45) is 6.25. The van der Waals surface area contributed by atoms with Crippen molar-refractivity contribution in [3.05, 3.63) is 53.1 Å². The second-order valence-electron chi connectivity index (χ2n) is 13.0. The van der Waals surface area contributed by atoms with Gasteiger partial charge in [-0.05, 0) is 55.9 Å². The number of benzene rings is 2. The van der Waals surface area contributed by atoms with Crippen LogP contribution in [0, 0.1) is 6.92 Å². The molecule has 45 heavy (non-hydrogen) atoms. The fourth-order valence-electron chi connectivity index (χ4n) is 7.77. The number of urea groups is 1. The van der Waals surface area contributed by atoms with Crippen molar-refractivity contribution >= 4 is 34.8 Å². The summed E-state index contributed by atoms with van der Waals surface area (Å²) in [5.41, 5.74) is 4.68. The summed E-state index contributed by atoms with van der Waals surface area (Å²) in [4.78, 5) is 46.2. The number of carbonyl (C=O) groups excluding carboxylic acids is 3. The van der Waals surface area contributed by atoms with Crippen molar-refractivity contribution in [3.8, 4) is 0 Å². The Morgan fingerprint density at radius 3 is 2.53 bits per heavy atom. The number of H-pyrrole nitrogens is 1. The van der Waals surface area contributed by atoms with E-state index >= 15 is 0 Å². The van der Waals surface area contributed by atoms with Crippen molar-refractivity contribution < 1.29 is 19.1 Å². The zero-order valence-corrected chi connectivity index (χ0v) is 25.9. The minimum Gasteiger partial charge on any atom is -0.436 e. The molecule has 2 aromatic carbocycles. The molecule has 1 aliphatic carbocycles. The number of aromatic nitrogens is 3. The number of piperazine rings is 1. The molecule has 12 heteroatoms. The second-order valence-corrected chi connectivity index (χ2v) is 13.0. The highest BCUT2D eigenvalue weighted by Crippen LogP contribution is 2.39. The summed E-state index contributed by atoms with van der Waals surface area (Å²) in [5, 5.41) is 17.0. The minimum atomic E-state index is -0.960. The number of nitrogens with one attached hydrogen (secondary N) is 3. The highest BCUT2D eigenvalue weighted by Gasteiger charge is 2.43. The van der Waals surface area contributed by atoms with E-state index in [1.54, 1.807) is 4.90 Å². The van der Waals surface area contributed by atoms with E-state index in [9.17, 15) is 14.4 Å². The Hall–Kier alpha value is -4.19. The van der Waals surface area contributed by atoms with Gasteiger partial charge in [-0.1, -0.05) is 48.7 Å². The summed E-state index contributed by atoms with van der Waals surface area (Å²) < 4.78 is 6.09. The predicted molar refractivity (Wildman–Crippen MR) is 169 cm³/mol. The van der Waals surface area contributed by atoms with Crippen LogP contribution in [0.4, 0.5) is 15.3 Å². The molecule has 4 amide bonds. The third kappa shape index (κ3) is 5.95. The molecule has 3 N–H and O–H groups in total. The van der Waals surface area contributed by atoms with Gasteiger partial charge in [-0.15, -0.1) is 5.10 Å². The molecule has 1 saturated carbocycles. The molecule has 1 atom stereocenters. The maximum Gasteiger partial charge on any atom is 0.410 e. The predicted octanol–water partition coefficient (Wildman–Crippen LogP) is 3.92. The first-order valence-electron chi connectivity index (χ1n) is 16.4. The Bertz CT molecular complexity index is 1570. The van der Waals surface area contributed by atoms with E-state index < -0.39 is 17.7 Å². The lowest BCUT2D eigenvalue weighted by molar-refractivity contribution is -0.143. The van der Waals surface area contributed by atoms with E-state index in [2.05, 4.69) is 30.9 Å². The number of para-hydroxylation sites is 1. The van der Waals surface area contributed by atoms with Gasteiger partial charge in [0.25, 0.3) is 5.91 Å². The number of amides is 4. The summed E-state index contributed by atoms with van der Waals surface area (Å²) in [5.74, 6) is -0.155. The van der Waals surface area contributed by atoms with Crippen molar-refractivity contribution in [2.45, 2.75) is 76.0 Å².